The SMILES string of the molecule is [Ba+2].[Ba+2].[O]=[Ti]([O-])[O-].[O]=[Ti]([O-])[O-].[O]=[Ti]([O-])[O-].[O]=[Ti]([O-])[O-].[O]=[Ti]([O-])[O-].[O]=[Ti]([O-])[O-].[O]=[Ti]([O-])[O-].[V+5].[V+5]. The molecule has 0 aromatic carbocycles. The van der Waals surface area contributed by atoms with Gasteiger partial charge >= 0.3 is 340 Å². The third kappa shape index (κ3) is 913. The van der Waals surface area contributed by atoms with E-state index in [9.17, 15) is 0 Å². The second-order valence-electron chi connectivity index (χ2n) is 1.75. The molecule has 0 aliphatic carbocycles. The monoisotopic (exact) mass is 1050 g/mol. The van der Waals surface area contributed by atoms with E-state index in [-0.39, 0.29) is 135 Å². The zero-order valence-corrected chi connectivity index (χ0v) is 37.0. The molecule has 0 N–H and O–H groups in total. The second kappa shape index (κ2) is 66.6. The maximum Gasteiger partial charge on any atom is 5.00 e. The van der Waals surface area contributed by atoms with Crippen molar-refractivity contribution in [1.82, 2.24) is 0 Å². The zero-order valence-electron chi connectivity index (χ0n) is 14.4. The maximum atomic E-state index is 8.58. The molecule has 21 nitrogen and oxygen atoms in total. The van der Waals surface area contributed by atoms with Crippen LogP contribution in [0.5, 0.6) is 0 Å². The summed E-state index contributed by atoms with van der Waals surface area (Å²) in [7, 11) is 0. The second-order valence-corrected chi connectivity index (χ2v) is 7.22. The van der Waals surface area contributed by atoms with E-state index in [1.54, 1.807) is 0 Å². The van der Waals surface area contributed by atoms with Gasteiger partial charge in [0.2, 0.25) is 0 Å². The first-order valence-corrected chi connectivity index (χ1v) is 17.7. The molecule has 0 rings (SSSR count). The molecule has 0 radical (unpaired) electrons. The quantitative estimate of drug-likeness (QED) is 0.203. The molecule has 0 aromatic heterocycles. The molecule has 0 spiro atoms. The number of rotatable bonds is 0. The summed E-state index contributed by atoms with van der Waals surface area (Å²) < 4.78 is 180. The summed E-state index contributed by atoms with van der Waals surface area (Å²) in [6, 6.07) is 0. The van der Waals surface area contributed by atoms with Gasteiger partial charge in [-0.15, -0.1) is 0 Å². The van der Waals surface area contributed by atoms with Crippen LogP contribution in [0, 0.1) is 0 Å². The molecular formula is Ba2O21Ti7V2. The molecule has 0 aliphatic rings. The van der Waals surface area contributed by atoms with Crippen molar-refractivity contribution < 1.29 is 242 Å². The van der Waals surface area contributed by atoms with Crippen LogP contribution in [-0.4, -0.2) is 97.8 Å². The third-order valence-corrected chi connectivity index (χ3v) is 0. The van der Waals surface area contributed by atoms with Gasteiger partial charge in [0, 0.05) is 0 Å². The minimum atomic E-state index is -4.08. The molecule has 0 amide bonds. The fraction of sp³-hybridized carbons (Fsp3) is 0. The van der Waals surface area contributed by atoms with Gasteiger partial charge in [0.1, 0.15) is 0 Å². The Hall–Kier alpha value is 7.35. The number of hydrogen-bond acceptors (Lipinski definition) is 21. The smallest absolute Gasteiger partial charge is 5.00 e. The summed E-state index contributed by atoms with van der Waals surface area (Å²) in [6.45, 7) is 0. The molecule has 0 heterocycles. The number of hydrogen-bond donors (Lipinski definition) is 0. The van der Waals surface area contributed by atoms with E-state index < -0.39 is 130 Å². The Morgan fingerprint density at radius 1 is 0.250 bits per heavy atom. The zero-order chi connectivity index (χ0) is 25.0. The predicted molar refractivity (Wildman–Crippen MR) is 16.3 cm³/mol. The third-order valence-electron chi connectivity index (χ3n) is 0. The van der Waals surface area contributed by atoms with Crippen molar-refractivity contribution in [3.63, 3.8) is 0 Å². The molecule has 0 aliphatic heterocycles. The standard InChI is InChI=1S/2Ba.21O.7Ti.2V/q2*+2;;;;;;;;14*-1;;;;;;;;2*+5. The van der Waals surface area contributed by atoms with E-state index in [0.717, 1.165) is 0 Å². The average Bonchev–Trinajstić information content (AvgIpc) is 2.20. The van der Waals surface area contributed by atoms with E-state index in [1.807, 2.05) is 0 Å². The van der Waals surface area contributed by atoms with Crippen LogP contribution >= 0.6 is 0 Å². The topological polar surface area (TPSA) is 442 Å². The first-order valence-electron chi connectivity index (χ1n) is 4.29. The van der Waals surface area contributed by atoms with E-state index in [4.69, 9.17) is 74.9 Å². The van der Waals surface area contributed by atoms with Gasteiger partial charge in [0.05, 0.1) is 0 Å². The molecule has 0 fully saturated rings. The Balaban J connectivity index is -0.0000000175. The van der Waals surface area contributed by atoms with Crippen LogP contribution in [0.25, 0.3) is 0 Å². The van der Waals surface area contributed by atoms with Gasteiger partial charge in [-0.25, -0.2) is 0 Å². The van der Waals surface area contributed by atoms with Crippen LogP contribution in [0.3, 0.4) is 0 Å². The van der Waals surface area contributed by atoms with Gasteiger partial charge in [-0.05, 0) is 0 Å². The van der Waals surface area contributed by atoms with Gasteiger partial charge in [-0.2, -0.15) is 0 Å². The molecule has 32 heavy (non-hydrogen) atoms. The molecule has 0 saturated heterocycles. The summed E-state index contributed by atoms with van der Waals surface area (Å²) in [5, 5.41) is 0. The Kier molecular flexibility index (Phi) is 150. The van der Waals surface area contributed by atoms with Gasteiger partial charge in [0.15, 0.2) is 0 Å². The van der Waals surface area contributed by atoms with Crippen LogP contribution in [0.1, 0.15) is 0 Å². The molecule has 32 heteroatoms. The summed E-state index contributed by atoms with van der Waals surface area (Å²) in [5.74, 6) is 0. The van der Waals surface area contributed by atoms with Crippen LogP contribution < -0.4 is 51.6 Å². The van der Waals surface area contributed by atoms with Crippen molar-refractivity contribution >= 4 is 97.8 Å². The molecule has 0 bridgehead atoms. The maximum absolute atomic E-state index is 8.58. The molecule has 0 atom stereocenters. The van der Waals surface area contributed by atoms with Crippen molar-refractivity contribution in [3.05, 3.63) is 0 Å². The Morgan fingerprint density at radius 2 is 0.250 bits per heavy atom. The largest absolute Gasteiger partial charge is 5.00 e. The van der Waals surface area contributed by atoms with Crippen molar-refractivity contribution in [2.45, 2.75) is 0 Å². The molecular weight excluding hydrogens is 1050 g/mol. The van der Waals surface area contributed by atoms with Crippen molar-refractivity contribution in [1.29, 1.82) is 0 Å². The fourth-order valence-electron chi connectivity index (χ4n) is 0. The predicted octanol–water partition coefficient (Wildman–Crippen LogP) is -18.3. The van der Waals surface area contributed by atoms with Crippen LogP contribution in [-0.2, 0) is 191 Å². The summed E-state index contributed by atoms with van der Waals surface area (Å²) in [5.41, 5.74) is 0. The van der Waals surface area contributed by atoms with Crippen molar-refractivity contribution in [2.75, 3.05) is 0 Å². The summed E-state index contributed by atoms with van der Waals surface area (Å²) >= 11 is -28.6. The van der Waals surface area contributed by atoms with Gasteiger partial charge in [-0.3, -0.25) is 0 Å². The average molecular weight is 1050 g/mol. The first kappa shape index (κ1) is 72.0. The van der Waals surface area contributed by atoms with Crippen LogP contribution in [0.4, 0.5) is 0 Å². The molecule has 0 saturated carbocycles. The Labute approximate surface area is 331 Å². The molecule has 0 unspecified atom stereocenters. The fourth-order valence-corrected chi connectivity index (χ4v) is 0. The Bertz CT molecular complexity index is 323. The van der Waals surface area contributed by atoms with Crippen molar-refractivity contribution in [2.24, 2.45) is 0 Å². The van der Waals surface area contributed by atoms with Crippen LogP contribution in [0.15, 0.2) is 0 Å². The van der Waals surface area contributed by atoms with Crippen LogP contribution in [0.2, 0.25) is 0 Å². The summed E-state index contributed by atoms with van der Waals surface area (Å²) in [6.07, 6.45) is 0. The van der Waals surface area contributed by atoms with Gasteiger partial charge < -0.3 is 0 Å². The Morgan fingerprint density at radius 3 is 0.250 bits per heavy atom. The van der Waals surface area contributed by atoms with E-state index in [2.05, 4.69) is 0 Å². The van der Waals surface area contributed by atoms with E-state index >= 15 is 0 Å². The van der Waals surface area contributed by atoms with Crippen molar-refractivity contribution in [3.8, 4) is 0 Å². The van der Waals surface area contributed by atoms with Gasteiger partial charge in [0.25, 0.3) is 0 Å². The first-order chi connectivity index (χ1) is 12.1. The van der Waals surface area contributed by atoms with Gasteiger partial charge in [-0.1, -0.05) is 0 Å². The normalized spacial score (nSPS) is 5.69. The molecule has 168 valence electrons. The minimum absolute atomic E-state index is 0. The minimum Gasteiger partial charge on any atom is 5.00 e. The van der Waals surface area contributed by atoms with E-state index in [0.29, 0.717) is 0 Å². The van der Waals surface area contributed by atoms with E-state index in [1.165, 1.54) is 0 Å². The summed E-state index contributed by atoms with van der Waals surface area (Å²) in [4.78, 5) is 0. The molecule has 0 aromatic rings.